The first-order valence-electron chi connectivity index (χ1n) is 11.4. The second-order valence-electron chi connectivity index (χ2n) is 8.98. The van der Waals surface area contributed by atoms with Crippen LogP contribution in [0.25, 0.3) is 0 Å². The molecule has 2 fully saturated rings. The minimum absolute atomic E-state index is 0.0940. The van der Waals surface area contributed by atoms with Crippen molar-refractivity contribution in [2.24, 2.45) is 0 Å². The van der Waals surface area contributed by atoms with Crippen LogP contribution in [0, 0.1) is 11.3 Å². The Labute approximate surface area is 190 Å². The Morgan fingerprint density at radius 3 is 2.13 bits per heavy atom. The van der Waals surface area contributed by atoms with Gasteiger partial charge in [-0.2, -0.15) is 5.26 Å². The number of nitrogens with zero attached hydrogens (tertiary/aromatic N) is 4. The van der Waals surface area contributed by atoms with Crippen molar-refractivity contribution in [3.63, 3.8) is 0 Å². The first kappa shape index (κ1) is 20.6. The van der Waals surface area contributed by atoms with Crippen LogP contribution in [0.2, 0.25) is 0 Å². The van der Waals surface area contributed by atoms with Crippen molar-refractivity contribution >= 4 is 11.8 Å². The highest BCUT2D eigenvalue weighted by atomic mass is 32.2. The third kappa shape index (κ3) is 4.13. The highest BCUT2D eigenvalue weighted by molar-refractivity contribution is 8.03. The summed E-state index contributed by atoms with van der Waals surface area (Å²) in [5, 5.41) is 11.6. The summed E-state index contributed by atoms with van der Waals surface area (Å²) in [5.74, 6) is 0.945. The number of nitriles is 1. The molecule has 1 saturated heterocycles. The van der Waals surface area contributed by atoms with E-state index in [9.17, 15) is 5.26 Å². The minimum Gasteiger partial charge on any atom is -0.339 e. The van der Waals surface area contributed by atoms with E-state index in [4.69, 9.17) is 0 Å². The van der Waals surface area contributed by atoms with Gasteiger partial charge < -0.3 is 4.90 Å². The predicted octanol–water partition coefficient (Wildman–Crippen LogP) is 5.36. The highest BCUT2D eigenvalue weighted by Crippen LogP contribution is 2.48. The topological polar surface area (TPSA) is 33.5 Å². The number of benzene rings is 2. The zero-order valence-corrected chi connectivity index (χ0v) is 18.9. The number of thioether (sulfide) groups is 1. The summed E-state index contributed by atoms with van der Waals surface area (Å²) in [6, 6.07) is 24.2. The van der Waals surface area contributed by atoms with Gasteiger partial charge in [0.25, 0.3) is 0 Å². The minimum atomic E-state index is -0.0940. The Balaban J connectivity index is 1.44. The predicted molar refractivity (Wildman–Crippen MR) is 126 cm³/mol. The smallest absolute Gasteiger partial charge is 0.0994 e. The fourth-order valence-corrected chi connectivity index (χ4v) is 6.58. The fraction of sp³-hybridized carbons (Fsp3) is 0.423. The molecule has 0 unspecified atom stereocenters. The lowest BCUT2D eigenvalue weighted by molar-refractivity contribution is -0.00395. The number of rotatable bonds is 4. The van der Waals surface area contributed by atoms with E-state index in [1.165, 1.54) is 35.4 Å². The van der Waals surface area contributed by atoms with Gasteiger partial charge in [-0.05, 0) is 24.0 Å². The van der Waals surface area contributed by atoms with E-state index in [2.05, 4.69) is 81.4 Å². The van der Waals surface area contributed by atoms with E-state index in [1.807, 2.05) is 11.8 Å². The molecule has 2 aromatic carbocycles. The van der Waals surface area contributed by atoms with Gasteiger partial charge in [-0.1, -0.05) is 91.7 Å². The van der Waals surface area contributed by atoms with Gasteiger partial charge >= 0.3 is 0 Å². The molecule has 1 aliphatic carbocycles. The first-order chi connectivity index (χ1) is 15.3. The molecule has 2 aromatic rings. The van der Waals surface area contributed by atoms with Crippen molar-refractivity contribution in [1.82, 2.24) is 14.7 Å². The lowest BCUT2D eigenvalue weighted by Crippen LogP contribution is -2.60. The molecule has 5 rings (SSSR count). The summed E-state index contributed by atoms with van der Waals surface area (Å²) in [5.41, 5.74) is 3.61. The van der Waals surface area contributed by atoms with Crippen molar-refractivity contribution in [2.75, 3.05) is 19.2 Å². The van der Waals surface area contributed by atoms with Crippen LogP contribution in [0.3, 0.4) is 0 Å². The van der Waals surface area contributed by atoms with Gasteiger partial charge in [-0.3, -0.25) is 9.80 Å². The largest absolute Gasteiger partial charge is 0.339 e. The SMILES string of the molecule is N#CC1=C2SCN(Cc3ccccc3)CN2CN(Cc2ccccc2)C12CCCCC2. The van der Waals surface area contributed by atoms with Crippen LogP contribution in [0.5, 0.6) is 0 Å². The Bertz CT molecular complexity index is 960. The summed E-state index contributed by atoms with van der Waals surface area (Å²) < 4.78 is 0. The molecule has 31 heavy (non-hydrogen) atoms. The van der Waals surface area contributed by atoms with Crippen molar-refractivity contribution < 1.29 is 0 Å². The van der Waals surface area contributed by atoms with Crippen molar-refractivity contribution in [2.45, 2.75) is 50.7 Å². The van der Waals surface area contributed by atoms with Gasteiger partial charge in [0.2, 0.25) is 0 Å². The monoisotopic (exact) mass is 430 g/mol. The molecule has 1 spiro atoms. The zero-order chi connectivity index (χ0) is 21.1. The quantitative estimate of drug-likeness (QED) is 0.652. The van der Waals surface area contributed by atoms with Gasteiger partial charge in [0, 0.05) is 13.1 Å². The van der Waals surface area contributed by atoms with Crippen molar-refractivity contribution in [3.05, 3.63) is 82.4 Å². The summed E-state index contributed by atoms with van der Waals surface area (Å²) in [6.45, 7) is 3.62. The lowest BCUT2D eigenvalue weighted by atomic mass is 9.74. The third-order valence-electron chi connectivity index (χ3n) is 6.93. The van der Waals surface area contributed by atoms with Crippen LogP contribution in [0.15, 0.2) is 71.3 Å². The van der Waals surface area contributed by atoms with Crippen molar-refractivity contribution in [1.29, 1.82) is 5.26 Å². The van der Waals surface area contributed by atoms with Crippen LogP contribution >= 0.6 is 11.8 Å². The van der Waals surface area contributed by atoms with Crippen LogP contribution in [0.4, 0.5) is 0 Å². The van der Waals surface area contributed by atoms with Crippen LogP contribution < -0.4 is 0 Å². The van der Waals surface area contributed by atoms with Gasteiger partial charge in [-0.15, -0.1) is 0 Å². The Hall–Kier alpha value is -2.26. The van der Waals surface area contributed by atoms with E-state index in [-0.39, 0.29) is 5.54 Å². The van der Waals surface area contributed by atoms with Gasteiger partial charge in [0.15, 0.2) is 0 Å². The van der Waals surface area contributed by atoms with Gasteiger partial charge in [-0.25, -0.2) is 0 Å². The molecule has 4 nitrogen and oxygen atoms in total. The molecule has 0 amide bonds. The van der Waals surface area contributed by atoms with Gasteiger partial charge in [0.05, 0.1) is 41.4 Å². The molecular formula is C26H30N4S. The summed E-state index contributed by atoms with van der Waals surface area (Å²) in [4.78, 5) is 7.53. The Kier molecular flexibility index (Phi) is 6.04. The number of hydrogen-bond donors (Lipinski definition) is 0. The third-order valence-corrected chi connectivity index (χ3v) is 8.16. The van der Waals surface area contributed by atoms with Crippen LogP contribution in [-0.2, 0) is 13.1 Å². The summed E-state index contributed by atoms with van der Waals surface area (Å²) in [6.07, 6.45) is 5.93. The molecule has 0 N–H and O–H groups in total. The normalized spacial score (nSPS) is 21.7. The molecule has 1 saturated carbocycles. The van der Waals surface area contributed by atoms with Crippen LogP contribution in [-0.4, -0.2) is 39.5 Å². The molecular weight excluding hydrogens is 400 g/mol. The summed E-state index contributed by atoms with van der Waals surface area (Å²) in [7, 11) is 0. The molecule has 0 atom stereocenters. The molecule has 0 bridgehead atoms. The fourth-order valence-electron chi connectivity index (χ4n) is 5.43. The highest BCUT2D eigenvalue weighted by Gasteiger charge is 2.48. The van der Waals surface area contributed by atoms with Gasteiger partial charge in [0.1, 0.15) is 0 Å². The average Bonchev–Trinajstić information content (AvgIpc) is 2.82. The maximum Gasteiger partial charge on any atom is 0.0994 e. The number of fused-ring (bicyclic) bond motifs is 1. The lowest BCUT2D eigenvalue weighted by Gasteiger charge is -2.55. The molecule has 3 aliphatic rings. The number of hydrogen-bond acceptors (Lipinski definition) is 5. The van der Waals surface area contributed by atoms with Crippen LogP contribution in [0.1, 0.15) is 43.2 Å². The van der Waals surface area contributed by atoms with E-state index >= 15 is 0 Å². The Morgan fingerprint density at radius 1 is 0.839 bits per heavy atom. The second-order valence-corrected chi connectivity index (χ2v) is 9.91. The molecule has 0 aromatic heterocycles. The molecule has 2 heterocycles. The standard InChI is InChI=1S/C26H30N4S/c27-16-24-25-29(19-28(21-31-25)17-22-10-4-1-5-11-22)20-30(18-23-12-6-2-7-13-23)26(24)14-8-3-9-15-26/h1-2,4-7,10-13H,3,8-9,14-15,17-21H2. The molecule has 0 radical (unpaired) electrons. The zero-order valence-electron chi connectivity index (χ0n) is 18.0. The second kappa shape index (κ2) is 9.08. The first-order valence-corrected chi connectivity index (χ1v) is 12.3. The maximum absolute atomic E-state index is 10.3. The molecule has 5 heteroatoms. The maximum atomic E-state index is 10.3. The molecule has 2 aliphatic heterocycles. The summed E-state index contributed by atoms with van der Waals surface area (Å²) >= 11 is 1.87. The van der Waals surface area contributed by atoms with E-state index < -0.39 is 0 Å². The van der Waals surface area contributed by atoms with Crippen molar-refractivity contribution in [3.8, 4) is 6.07 Å². The average molecular weight is 431 g/mol. The van der Waals surface area contributed by atoms with E-state index in [0.29, 0.717) is 0 Å². The van der Waals surface area contributed by atoms with E-state index in [0.717, 1.165) is 50.7 Å². The van der Waals surface area contributed by atoms with E-state index in [1.54, 1.807) is 0 Å². The Morgan fingerprint density at radius 2 is 1.48 bits per heavy atom. The molecule has 160 valence electrons.